The van der Waals surface area contributed by atoms with Gasteiger partial charge in [0.15, 0.2) is 5.82 Å². The minimum atomic E-state index is -0.140. The molecule has 1 aliphatic heterocycles. The predicted molar refractivity (Wildman–Crippen MR) is 119 cm³/mol. The number of anilines is 3. The van der Waals surface area contributed by atoms with Crippen LogP contribution in [-0.2, 0) is 9.53 Å². The lowest BCUT2D eigenvalue weighted by molar-refractivity contribution is -0.144. The number of nitrogens with zero attached hydrogens (tertiary/aromatic N) is 4. The molecule has 3 aromatic rings. The van der Waals surface area contributed by atoms with Gasteiger partial charge < -0.3 is 15.4 Å². The Morgan fingerprint density at radius 1 is 1.32 bits per heavy atom. The number of rotatable bonds is 8. The van der Waals surface area contributed by atoms with Crippen LogP contribution in [0.1, 0.15) is 31.4 Å². The van der Waals surface area contributed by atoms with Gasteiger partial charge in [0, 0.05) is 31.1 Å². The number of hydrogen-bond acceptors (Lipinski definition) is 9. The highest BCUT2D eigenvalue weighted by atomic mass is 32.1. The highest BCUT2D eigenvalue weighted by Crippen LogP contribution is 2.47. The summed E-state index contributed by atoms with van der Waals surface area (Å²) in [6.07, 6.45) is 2.45. The normalized spacial score (nSPS) is 24.9. The van der Waals surface area contributed by atoms with Gasteiger partial charge in [-0.3, -0.25) is 14.8 Å². The number of ether oxygens (including phenoxy) is 1. The molecule has 31 heavy (non-hydrogen) atoms. The van der Waals surface area contributed by atoms with Gasteiger partial charge in [-0.1, -0.05) is 0 Å². The Labute approximate surface area is 183 Å². The number of aromatic amines is 1. The van der Waals surface area contributed by atoms with Crippen molar-refractivity contribution >= 4 is 45.1 Å². The molecule has 6 rings (SSSR count). The Kier molecular flexibility index (Phi) is 4.57. The van der Waals surface area contributed by atoms with E-state index in [9.17, 15) is 4.79 Å². The zero-order valence-electron chi connectivity index (χ0n) is 17.3. The summed E-state index contributed by atoms with van der Waals surface area (Å²) in [7, 11) is 0. The van der Waals surface area contributed by atoms with Crippen LogP contribution in [0, 0.1) is 11.8 Å². The van der Waals surface area contributed by atoms with Gasteiger partial charge in [0.2, 0.25) is 5.95 Å². The number of esters is 1. The predicted octanol–water partition coefficient (Wildman–Crippen LogP) is 2.94. The summed E-state index contributed by atoms with van der Waals surface area (Å²) in [6.45, 7) is 4.47. The number of nitrogens with one attached hydrogen (secondary N) is 3. The van der Waals surface area contributed by atoms with Crippen LogP contribution < -0.4 is 10.6 Å². The van der Waals surface area contributed by atoms with E-state index in [0.29, 0.717) is 42.9 Å². The molecule has 0 spiro atoms. The number of carbonyl (C=O) groups is 1. The minimum Gasteiger partial charge on any atom is -0.465 e. The van der Waals surface area contributed by atoms with Gasteiger partial charge in [-0.15, -0.1) is 11.3 Å². The van der Waals surface area contributed by atoms with Gasteiger partial charge in [0.05, 0.1) is 29.1 Å². The van der Waals surface area contributed by atoms with Crippen LogP contribution in [-0.4, -0.2) is 63.3 Å². The summed E-state index contributed by atoms with van der Waals surface area (Å²) in [5.74, 6) is 3.82. The molecule has 4 heterocycles. The molecule has 3 aromatic heterocycles. The smallest absolute Gasteiger partial charge is 0.320 e. The number of likely N-dealkylation sites (tertiary alicyclic amines) is 1. The van der Waals surface area contributed by atoms with Gasteiger partial charge in [-0.25, -0.2) is 4.98 Å². The van der Waals surface area contributed by atoms with E-state index in [1.807, 2.05) is 18.4 Å². The fourth-order valence-electron chi connectivity index (χ4n) is 4.62. The van der Waals surface area contributed by atoms with Crippen LogP contribution in [0.3, 0.4) is 0 Å². The van der Waals surface area contributed by atoms with Crippen LogP contribution in [0.2, 0.25) is 0 Å². The maximum Gasteiger partial charge on any atom is 0.320 e. The fraction of sp³-hybridized carbons (Fsp3) is 0.524. The molecular formula is C21H25N7O2S. The largest absolute Gasteiger partial charge is 0.465 e. The SMILES string of the molecule is CCOC(=O)CN1C[C@@H]2C(Nc3nc(Nc4cc(C5CC5)n[nH]4)c4sccc4n3)[C@@H]2C1. The fourth-order valence-corrected chi connectivity index (χ4v) is 5.40. The van der Waals surface area contributed by atoms with Crippen LogP contribution in [0.25, 0.3) is 10.2 Å². The Morgan fingerprint density at radius 3 is 2.94 bits per heavy atom. The molecule has 0 radical (unpaired) electrons. The standard InChI is InChI=1S/C21H25N7O2S/c1-2-30-17(29)10-28-8-12-13(9-28)18(12)24-21-22-14-5-6-31-19(14)20(25-21)23-16-7-15(26-27-16)11-3-4-11/h5-7,11-13,18H,2-4,8-10H2,1H3,(H3,22,23,24,25,26,27)/t12-,13+,18?. The van der Waals surface area contributed by atoms with E-state index in [1.54, 1.807) is 11.3 Å². The van der Waals surface area contributed by atoms with Gasteiger partial charge in [0.1, 0.15) is 5.82 Å². The second kappa shape index (κ2) is 7.45. The van der Waals surface area contributed by atoms with Crippen molar-refractivity contribution in [2.75, 3.05) is 36.9 Å². The van der Waals surface area contributed by atoms with E-state index in [0.717, 1.165) is 40.6 Å². The number of thiophene rings is 1. The Balaban J connectivity index is 1.13. The van der Waals surface area contributed by atoms with Crippen LogP contribution in [0.5, 0.6) is 0 Å². The van der Waals surface area contributed by atoms with Crippen molar-refractivity contribution in [1.29, 1.82) is 0 Å². The second-order valence-electron chi connectivity index (χ2n) is 8.63. The zero-order chi connectivity index (χ0) is 20.9. The zero-order valence-corrected chi connectivity index (χ0v) is 18.1. The molecule has 1 unspecified atom stereocenters. The maximum absolute atomic E-state index is 11.7. The van der Waals surface area contributed by atoms with Crippen molar-refractivity contribution in [3.63, 3.8) is 0 Å². The lowest BCUT2D eigenvalue weighted by Crippen LogP contribution is -2.33. The van der Waals surface area contributed by atoms with Crippen LogP contribution >= 0.6 is 11.3 Å². The first-order valence-corrected chi connectivity index (χ1v) is 11.8. The summed E-state index contributed by atoms with van der Waals surface area (Å²) in [6, 6.07) is 4.46. The summed E-state index contributed by atoms with van der Waals surface area (Å²) in [5, 5.41) is 16.5. The van der Waals surface area contributed by atoms with E-state index in [-0.39, 0.29) is 5.97 Å². The van der Waals surface area contributed by atoms with Gasteiger partial charge in [-0.2, -0.15) is 10.1 Å². The second-order valence-corrected chi connectivity index (χ2v) is 9.55. The lowest BCUT2D eigenvalue weighted by atomic mass is 10.3. The first-order chi connectivity index (χ1) is 15.2. The van der Waals surface area contributed by atoms with Gasteiger partial charge in [-0.05, 0) is 43.0 Å². The maximum atomic E-state index is 11.7. The third kappa shape index (κ3) is 3.74. The minimum absolute atomic E-state index is 0.140. The van der Waals surface area contributed by atoms with E-state index < -0.39 is 0 Å². The van der Waals surface area contributed by atoms with Crippen LogP contribution in [0.15, 0.2) is 17.5 Å². The highest BCUT2D eigenvalue weighted by molar-refractivity contribution is 7.17. The van der Waals surface area contributed by atoms with Gasteiger partial charge >= 0.3 is 5.97 Å². The molecule has 3 aliphatic rings. The lowest BCUT2D eigenvalue weighted by Gasteiger charge is -2.18. The molecule has 162 valence electrons. The molecule has 0 aromatic carbocycles. The molecule has 3 N–H and O–H groups in total. The highest BCUT2D eigenvalue weighted by Gasteiger charge is 2.56. The van der Waals surface area contributed by atoms with Crippen molar-refractivity contribution in [2.24, 2.45) is 11.8 Å². The van der Waals surface area contributed by atoms with Gasteiger partial charge in [0.25, 0.3) is 0 Å². The third-order valence-electron chi connectivity index (χ3n) is 6.37. The molecule has 3 fully saturated rings. The first-order valence-electron chi connectivity index (χ1n) is 10.9. The average Bonchev–Trinajstić information content (AvgIpc) is 3.45. The Morgan fingerprint density at radius 2 is 2.16 bits per heavy atom. The van der Waals surface area contributed by atoms with E-state index in [1.165, 1.54) is 12.8 Å². The third-order valence-corrected chi connectivity index (χ3v) is 7.28. The number of fused-ring (bicyclic) bond motifs is 2. The number of carbonyl (C=O) groups excluding carboxylic acids is 1. The topological polar surface area (TPSA) is 108 Å². The summed E-state index contributed by atoms with van der Waals surface area (Å²) < 4.78 is 6.09. The van der Waals surface area contributed by atoms with Crippen molar-refractivity contribution in [2.45, 2.75) is 31.7 Å². The molecule has 2 saturated carbocycles. The molecule has 10 heteroatoms. The molecule has 3 atom stereocenters. The molecule has 9 nitrogen and oxygen atoms in total. The van der Waals surface area contributed by atoms with Crippen molar-refractivity contribution in [3.8, 4) is 0 Å². The Hall–Kier alpha value is -2.72. The number of hydrogen-bond donors (Lipinski definition) is 3. The van der Waals surface area contributed by atoms with Crippen molar-refractivity contribution in [3.05, 3.63) is 23.2 Å². The van der Waals surface area contributed by atoms with E-state index in [2.05, 4.69) is 31.8 Å². The monoisotopic (exact) mass is 439 g/mol. The first kappa shape index (κ1) is 19.0. The molecule has 0 bridgehead atoms. The van der Waals surface area contributed by atoms with Crippen LogP contribution in [0.4, 0.5) is 17.6 Å². The number of aromatic nitrogens is 4. The molecule has 0 amide bonds. The van der Waals surface area contributed by atoms with E-state index in [4.69, 9.17) is 14.7 Å². The number of piperidine rings is 1. The molecular weight excluding hydrogens is 414 g/mol. The summed E-state index contributed by atoms with van der Waals surface area (Å²) >= 11 is 1.63. The average molecular weight is 440 g/mol. The quantitative estimate of drug-likeness (QED) is 0.460. The van der Waals surface area contributed by atoms with E-state index >= 15 is 0 Å². The molecule has 2 aliphatic carbocycles. The summed E-state index contributed by atoms with van der Waals surface area (Å²) in [4.78, 5) is 23.4. The van der Waals surface area contributed by atoms with Crippen molar-refractivity contribution in [1.82, 2.24) is 25.1 Å². The molecule has 1 saturated heterocycles. The summed E-state index contributed by atoms with van der Waals surface area (Å²) in [5.41, 5.74) is 2.05. The van der Waals surface area contributed by atoms with Crippen molar-refractivity contribution < 1.29 is 9.53 Å². The number of H-pyrrole nitrogens is 1. The Bertz CT molecular complexity index is 1110.